The molecule has 0 aliphatic rings. The number of amides is 1. The predicted molar refractivity (Wildman–Crippen MR) is 88.4 cm³/mol. The first kappa shape index (κ1) is 19.0. The van der Waals surface area contributed by atoms with Crippen molar-refractivity contribution < 1.29 is 27.8 Å². The van der Waals surface area contributed by atoms with Crippen molar-refractivity contribution in [1.29, 1.82) is 0 Å². The van der Waals surface area contributed by atoms with Crippen LogP contribution < -0.4 is 10.1 Å². The summed E-state index contributed by atoms with van der Waals surface area (Å²) in [5.74, 6) is -1.65. The van der Waals surface area contributed by atoms with Crippen LogP contribution in [0.5, 0.6) is 5.75 Å². The number of hydrogen-bond donors (Lipinski definition) is 1. The number of rotatable bonds is 6. The number of alkyl halides is 2. The molecule has 0 aromatic heterocycles. The minimum Gasteiger partial charge on any atom is -0.452 e. The number of halogens is 4. The average Bonchev–Trinajstić information content (AvgIpc) is 2.55. The molecule has 9 heteroatoms. The fourth-order valence-corrected chi connectivity index (χ4v) is 2.08. The van der Waals surface area contributed by atoms with Crippen molar-refractivity contribution in [3.05, 3.63) is 58.1 Å². The lowest BCUT2D eigenvalue weighted by Crippen LogP contribution is -2.21. The first-order valence-corrected chi connectivity index (χ1v) is 7.57. The zero-order valence-electron chi connectivity index (χ0n) is 12.5. The van der Waals surface area contributed by atoms with E-state index >= 15 is 0 Å². The van der Waals surface area contributed by atoms with E-state index in [1.807, 2.05) is 0 Å². The molecular formula is C16H11Cl2F2NO4. The minimum atomic E-state index is -3.01. The summed E-state index contributed by atoms with van der Waals surface area (Å²) in [5, 5.41) is 3.06. The van der Waals surface area contributed by atoms with Gasteiger partial charge >= 0.3 is 12.6 Å². The quantitative estimate of drug-likeness (QED) is 0.744. The number of nitrogens with one attached hydrogen (secondary N) is 1. The summed E-state index contributed by atoms with van der Waals surface area (Å²) in [6.45, 7) is -3.58. The highest BCUT2D eigenvalue weighted by Crippen LogP contribution is 2.25. The van der Waals surface area contributed by atoms with E-state index in [2.05, 4.69) is 10.1 Å². The van der Waals surface area contributed by atoms with Crippen molar-refractivity contribution >= 4 is 40.8 Å². The molecule has 2 aromatic carbocycles. The number of esters is 1. The highest BCUT2D eigenvalue weighted by molar-refractivity contribution is 6.42. The van der Waals surface area contributed by atoms with Crippen LogP contribution in [-0.2, 0) is 9.53 Å². The molecule has 0 fully saturated rings. The van der Waals surface area contributed by atoms with E-state index in [1.54, 1.807) is 0 Å². The fourth-order valence-electron chi connectivity index (χ4n) is 1.78. The number of benzene rings is 2. The van der Waals surface area contributed by atoms with E-state index in [0.29, 0.717) is 10.7 Å². The van der Waals surface area contributed by atoms with Gasteiger partial charge in [-0.2, -0.15) is 8.78 Å². The Morgan fingerprint density at radius 1 is 1.08 bits per heavy atom. The summed E-state index contributed by atoms with van der Waals surface area (Å²) in [5.41, 5.74) is 0.350. The Bertz CT molecular complexity index is 786. The second-order valence-electron chi connectivity index (χ2n) is 4.66. The molecular weight excluding hydrogens is 379 g/mol. The Kier molecular flexibility index (Phi) is 6.55. The third kappa shape index (κ3) is 5.88. The van der Waals surface area contributed by atoms with Crippen LogP contribution in [-0.4, -0.2) is 25.1 Å². The zero-order valence-corrected chi connectivity index (χ0v) is 14.0. The Morgan fingerprint density at radius 3 is 2.52 bits per heavy atom. The van der Waals surface area contributed by atoms with Gasteiger partial charge in [-0.15, -0.1) is 0 Å². The molecule has 1 N–H and O–H groups in total. The Morgan fingerprint density at radius 2 is 1.84 bits per heavy atom. The van der Waals surface area contributed by atoms with E-state index in [9.17, 15) is 18.4 Å². The Hall–Kier alpha value is -2.38. The first-order valence-electron chi connectivity index (χ1n) is 6.82. The topological polar surface area (TPSA) is 64.6 Å². The molecule has 1 amide bonds. The lowest BCUT2D eigenvalue weighted by molar-refractivity contribution is -0.119. The van der Waals surface area contributed by atoms with Crippen molar-refractivity contribution in [3.63, 3.8) is 0 Å². The second kappa shape index (κ2) is 8.64. The molecule has 2 rings (SSSR count). The van der Waals surface area contributed by atoms with E-state index in [0.717, 1.165) is 6.07 Å². The second-order valence-corrected chi connectivity index (χ2v) is 5.47. The molecule has 0 bridgehead atoms. The summed E-state index contributed by atoms with van der Waals surface area (Å²) >= 11 is 11.6. The molecule has 0 saturated heterocycles. The lowest BCUT2D eigenvalue weighted by Gasteiger charge is -2.08. The van der Waals surface area contributed by atoms with Crippen molar-refractivity contribution in [3.8, 4) is 5.75 Å². The predicted octanol–water partition coefficient (Wildman–Crippen LogP) is 4.39. The van der Waals surface area contributed by atoms with Gasteiger partial charge in [0.15, 0.2) is 6.61 Å². The fraction of sp³-hybridized carbons (Fsp3) is 0.125. The van der Waals surface area contributed by atoms with Gasteiger partial charge in [0.25, 0.3) is 5.91 Å². The van der Waals surface area contributed by atoms with Crippen LogP contribution in [0.3, 0.4) is 0 Å². The Balaban J connectivity index is 1.90. The summed E-state index contributed by atoms with van der Waals surface area (Å²) in [4.78, 5) is 23.6. The number of carbonyl (C=O) groups is 2. The zero-order chi connectivity index (χ0) is 18.4. The molecule has 132 valence electrons. The largest absolute Gasteiger partial charge is 0.452 e. The molecule has 0 spiro atoms. The monoisotopic (exact) mass is 389 g/mol. The number of carbonyl (C=O) groups excluding carboxylic acids is 2. The first-order chi connectivity index (χ1) is 11.8. The van der Waals surface area contributed by atoms with Crippen molar-refractivity contribution in [2.75, 3.05) is 11.9 Å². The van der Waals surface area contributed by atoms with Gasteiger partial charge < -0.3 is 14.8 Å². The molecule has 0 aliphatic carbocycles. The van der Waals surface area contributed by atoms with E-state index in [1.165, 1.54) is 36.4 Å². The smallest absolute Gasteiger partial charge is 0.387 e. The third-order valence-corrected chi connectivity index (χ3v) is 3.57. The minimum absolute atomic E-state index is 0.0273. The lowest BCUT2D eigenvalue weighted by atomic mass is 10.2. The van der Waals surface area contributed by atoms with Crippen LogP contribution in [0.25, 0.3) is 0 Å². The van der Waals surface area contributed by atoms with Gasteiger partial charge in [0.2, 0.25) is 0 Å². The van der Waals surface area contributed by atoms with E-state index in [-0.39, 0.29) is 16.3 Å². The Labute approximate surface area is 151 Å². The molecule has 0 heterocycles. The number of ether oxygens (including phenoxy) is 2. The maximum absolute atomic E-state index is 12.2. The molecule has 0 saturated carbocycles. The van der Waals surface area contributed by atoms with Crippen LogP contribution in [0.15, 0.2) is 42.5 Å². The molecule has 0 atom stereocenters. The summed E-state index contributed by atoms with van der Waals surface area (Å²) in [7, 11) is 0. The van der Waals surface area contributed by atoms with Gasteiger partial charge in [0.05, 0.1) is 15.6 Å². The molecule has 2 aromatic rings. The van der Waals surface area contributed by atoms with Gasteiger partial charge in [-0.1, -0.05) is 29.3 Å². The van der Waals surface area contributed by atoms with Crippen LogP contribution >= 0.6 is 23.2 Å². The summed E-state index contributed by atoms with van der Waals surface area (Å²) in [6, 6.07) is 9.51. The van der Waals surface area contributed by atoms with Gasteiger partial charge in [-0.05, 0) is 36.4 Å². The van der Waals surface area contributed by atoms with Crippen molar-refractivity contribution in [2.24, 2.45) is 0 Å². The van der Waals surface area contributed by atoms with Gasteiger partial charge in [-0.25, -0.2) is 4.79 Å². The molecule has 0 unspecified atom stereocenters. The van der Waals surface area contributed by atoms with E-state index in [4.69, 9.17) is 27.9 Å². The number of hydrogen-bond acceptors (Lipinski definition) is 4. The maximum atomic E-state index is 12.2. The third-order valence-electron chi connectivity index (χ3n) is 2.83. The summed E-state index contributed by atoms with van der Waals surface area (Å²) < 4.78 is 33.3. The molecule has 5 nitrogen and oxygen atoms in total. The van der Waals surface area contributed by atoms with E-state index < -0.39 is 25.1 Å². The van der Waals surface area contributed by atoms with Crippen LogP contribution in [0.1, 0.15) is 10.4 Å². The SMILES string of the molecule is O=C(COC(=O)c1cccc(OC(F)F)c1)Nc1ccc(Cl)c(Cl)c1. The highest BCUT2D eigenvalue weighted by atomic mass is 35.5. The van der Waals surface area contributed by atoms with Crippen molar-refractivity contribution in [1.82, 2.24) is 0 Å². The van der Waals surface area contributed by atoms with Gasteiger partial charge in [-0.3, -0.25) is 4.79 Å². The average molecular weight is 390 g/mol. The maximum Gasteiger partial charge on any atom is 0.387 e. The number of anilines is 1. The van der Waals surface area contributed by atoms with Crippen LogP contribution in [0, 0.1) is 0 Å². The van der Waals surface area contributed by atoms with Crippen LogP contribution in [0.4, 0.5) is 14.5 Å². The molecule has 0 aliphatic heterocycles. The van der Waals surface area contributed by atoms with Crippen LogP contribution in [0.2, 0.25) is 10.0 Å². The standard InChI is InChI=1S/C16H11Cl2F2NO4/c17-12-5-4-10(7-13(12)18)21-14(22)8-24-15(23)9-2-1-3-11(6-9)25-16(19)20/h1-7,16H,8H2,(H,21,22). The highest BCUT2D eigenvalue weighted by Gasteiger charge is 2.13. The normalized spacial score (nSPS) is 10.4. The van der Waals surface area contributed by atoms with Gasteiger partial charge in [0, 0.05) is 5.69 Å². The molecule has 0 radical (unpaired) electrons. The summed E-state index contributed by atoms with van der Waals surface area (Å²) in [6.07, 6.45) is 0. The molecule has 25 heavy (non-hydrogen) atoms. The van der Waals surface area contributed by atoms with Crippen molar-refractivity contribution in [2.45, 2.75) is 6.61 Å². The van der Waals surface area contributed by atoms with Gasteiger partial charge in [0.1, 0.15) is 5.75 Å².